The molecule has 1 atom stereocenters. The fourth-order valence-corrected chi connectivity index (χ4v) is 3.23. The number of methoxy groups -OCH3 is 1. The molecule has 2 aromatic carbocycles. The Hall–Kier alpha value is -2.40. The van der Waals surface area contributed by atoms with Gasteiger partial charge in [-0.15, -0.1) is 0 Å². The fraction of sp³-hybridized carbons (Fsp3) is 0.250. The number of aromatic amines is 1. The quantitative estimate of drug-likeness (QED) is 0.670. The largest absolute Gasteiger partial charge is 0.497 e. The van der Waals surface area contributed by atoms with Crippen molar-refractivity contribution in [2.45, 2.75) is 18.6 Å². The highest BCUT2D eigenvalue weighted by molar-refractivity contribution is 7.98. The number of carbonyl (C=O) groups is 1. The van der Waals surface area contributed by atoms with Gasteiger partial charge in [-0.05, 0) is 54.6 Å². The number of anilines is 1. The van der Waals surface area contributed by atoms with Crippen LogP contribution in [0.3, 0.4) is 0 Å². The Kier molecular flexibility index (Phi) is 5.34. The van der Waals surface area contributed by atoms with Gasteiger partial charge in [-0.3, -0.25) is 4.79 Å². The summed E-state index contributed by atoms with van der Waals surface area (Å²) in [6.45, 7) is 2.16. The van der Waals surface area contributed by atoms with Crippen LogP contribution in [0.1, 0.15) is 23.3 Å². The van der Waals surface area contributed by atoms with Crippen LogP contribution in [0.25, 0.3) is 10.9 Å². The second-order valence-corrected chi connectivity index (χ2v) is 7.13. The average molecular weight is 354 g/mol. The minimum absolute atomic E-state index is 0.0299. The highest BCUT2D eigenvalue weighted by Crippen LogP contribution is 2.28. The maximum atomic E-state index is 12.5. The zero-order chi connectivity index (χ0) is 17.8. The summed E-state index contributed by atoms with van der Waals surface area (Å²) >= 11 is 1.79. The second-order valence-electron chi connectivity index (χ2n) is 5.95. The first-order valence-electron chi connectivity index (χ1n) is 8.17. The summed E-state index contributed by atoms with van der Waals surface area (Å²) in [5.41, 5.74) is 4.00. The molecule has 0 aliphatic carbocycles. The topological polar surface area (TPSA) is 54.1 Å². The standard InChI is InChI=1S/C20H22N2O2S/c1-13(25-3)14-5-4-6-16(9-14)22-20(23)10-15-12-21-19-8-7-17(24-2)11-18(15)19/h4-9,11-13,21H,10H2,1-3H3,(H,22,23). The van der Waals surface area contributed by atoms with Crippen LogP contribution in [0.15, 0.2) is 48.7 Å². The van der Waals surface area contributed by atoms with E-state index >= 15 is 0 Å². The maximum Gasteiger partial charge on any atom is 0.228 e. The van der Waals surface area contributed by atoms with Crippen LogP contribution in [0.2, 0.25) is 0 Å². The molecular weight excluding hydrogens is 332 g/mol. The second kappa shape index (κ2) is 7.66. The van der Waals surface area contributed by atoms with Crippen LogP contribution >= 0.6 is 11.8 Å². The van der Waals surface area contributed by atoms with Gasteiger partial charge in [0, 0.05) is 28.0 Å². The van der Waals surface area contributed by atoms with Gasteiger partial charge in [-0.25, -0.2) is 0 Å². The average Bonchev–Trinajstić information content (AvgIpc) is 3.03. The third kappa shape index (κ3) is 3.99. The maximum absolute atomic E-state index is 12.5. The molecule has 1 aromatic heterocycles. The number of thioether (sulfide) groups is 1. The Balaban J connectivity index is 1.75. The first kappa shape index (κ1) is 17.4. The van der Waals surface area contributed by atoms with Crippen molar-refractivity contribution in [3.05, 3.63) is 59.8 Å². The van der Waals surface area contributed by atoms with Crippen LogP contribution in [-0.4, -0.2) is 24.3 Å². The summed E-state index contributed by atoms with van der Waals surface area (Å²) in [5, 5.41) is 4.41. The number of fused-ring (bicyclic) bond motifs is 1. The number of amides is 1. The van der Waals surface area contributed by atoms with Gasteiger partial charge in [0.1, 0.15) is 5.75 Å². The molecule has 0 aliphatic heterocycles. The number of aromatic nitrogens is 1. The molecule has 0 radical (unpaired) electrons. The Morgan fingerprint density at radius 1 is 1.28 bits per heavy atom. The summed E-state index contributed by atoms with van der Waals surface area (Å²) in [6, 6.07) is 13.8. The zero-order valence-electron chi connectivity index (χ0n) is 14.6. The van der Waals surface area contributed by atoms with Gasteiger partial charge in [0.05, 0.1) is 13.5 Å². The molecule has 1 unspecified atom stereocenters. The van der Waals surface area contributed by atoms with E-state index in [1.165, 1.54) is 5.56 Å². The molecule has 0 saturated carbocycles. The molecule has 3 aromatic rings. The molecule has 0 aliphatic rings. The minimum atomic E-state index is -0.0299. The molecule has 4 nitrogen and oxygen atoms in total. The molecule has 3 rings (SSSR count). The van der Waals surface area contributed by atoms with Crippen molar-refractivity contribution >= 4 is 34.3 Å². The van der Waals surface area contributed by atoms with Gasteiger partial charge in [-0.1, -0.05) is 12.1 Å². The Morgan fingerprint density at radius 3 is 2.88 bits per heavy atom. The highest BCUT2D eigenvalue weighted by Gasteiger charge is 2.11. The molecular formula is C20H22N2O2S. The van der Waals surface area contributed by atoms with Crippen LogP contribution in [0, 0.1) is 0 Å². The molecule has 2 N–H and O–H groups in total. The molecule has 0 fully saturated rings. The molecule has 25 heavy (non-hydrogen) atoms. The number of carbonyl (C=O) groups excluding carboxylic acids is 1. The van der Waals surface area contributed by atoms with Gasteiger partial charge in [0.15, 0.2) is 0 Å². The first-order chi connectivity index (χ1) is 12.1. The lowest BCUT2D eigenvalue weighted by Gasteiger charge is -2.11. The normalized spacial score (nSPS) is 12.1. The number of H-pyrrole nitrogens is 1. The number of rotatable bonds is 6. The molecule has 0 spiro atoms. The van der Waals surface area contributed by atoms with Crippen molar-refractivity contribution < 1.29 is 9.53 Å². The van der Waals surface area contributed by atoms with Gasteiger partial charge in [0.2, 0.25) is 5.91 Å². The van der Waals surface area contributed by atoms with Gasteiger partial charge in [0.25, 0.3) is 0 Å². The van der Waals surface area contributed by atoms with E-state index in [4.69, 9.17) is 4.74 Å². The van der Waals surface area contributed by atoms with Crippen LogP contribution in [0.5, 0.6) is 5.75 Å². The van der Waals surface area contributed by atoms with Crippen molar-refractivity contribution in [1.29, 1.82) is 0 Å². The fourth-order valence-electron chi connectivity index (χ4n) is 2.81. The summed E-state index contributed by atoms with van der Waals surface area (Å²) in [7, 11) is 1.64. The number of hydrogen-bond acceptors (Lipinski definition) is 3. The molecule has 1 heterocycles. The summed E-state index contributed by atoms with van der Waals surface area (Å²) < 4.78 is 5.28. The number of ether oxygens (including phenoxy) is 1. The van der Waals surface area contributed by atoms with Gasteiger partial charge in [-0.2, -0.15) is 11.8 Å². The van der Waals surface area contributed by atoms with Gasteiger partial charge >= 0.3 is 0 Å². The van der Waals surface area contributed by atoms with E-state index in [9.17, 15) is 4.79 Å². The molecule has 130 valence electrons. The van der Waals surface area contributed by atoms with Crippen LogP contribution in [-0.2, 0) is 11.2 Å². The lowest BCUT2D eigenvalue weighted by atomic mass is 10.1. The van der Waals surface area contributed by atoms with Crippen LogP contribution in [0.4, 0.5) is 5.69 Å². The third-order valence-corrected chi connectivity index (χ3v) is 5.30. The SMILES string of the molecule is COc1ccc2[nH]cc(CC(=O)Nc3cccc(C(C)SC)c3)c2c1. The Morgan fingerprint density at radius 2 is 2.12 bits per heavy atom. The smallest absolute Gasteiger partial charge is 0.228 e. The highest BCUT2D eigenvalue weighted by atomic mass is 32.2. The lowest BCUT2D eigenvalue weighted by molar-refractivity contribution is -0.115. The van der Waals surface area contributed by atoms with Crippen molar-refractivity contribution in [3.8, 4) is 5.75 Å². The van der Waals surface area contributed by atoms with E-state index in [1.54, 1.807) is 18.9 Å². The van der Waals surface area contributed by atoms with Crippen molar-refractivity contribution in [2.75, 3.05) is 18.7 Å². The van der Waals surface area contributed by atoms with Crippen molar-refractivity contribution in [1.82, 2.24) is 4.98 Å². The van der Waals surface area contributed by atoms with E-state index in [1.807, 2.05) is 42.6 Å². The van der Waals surface area contributed by atoms with Gasteiger partial charge < -0.3 is 15.0 Å². The van der Waals surface area contributed by atoms with Crippen molar-refractivity contribution in [2.24, 2.45) is 0 Å². The van der Waals surface area contributed by atoms with E-state index in [0.29, 0.717) is 11.7 Å². The third-order valence-electron chi connectivity index (χ3n) is 4.32. The minimum Gasteiger partial charge on any atom is -0.497 e. The van der Waals surface area contributed by atoms with E-state index in [-0.39, 0.29) is 5.91 Å². The van der Waals surface area contributed by atoms with E-state index < -0.39 is 0 Å². The predicted molar refractivity (Wildman–Crippen MR) is 106 cm³/mol. The number of benzene rings is 2. The molecule has 0 saturated heterocycles. The van der Waals surface area contributed by atoms with Crippen LogP contribution < -0.4 is 10.1 Å². The number of nitrogens with one attached hydrogen (secondary N) is 2. The zero-order valence-corrected chi connectivity index (χ0v) is 15.4. The number of hydrogen-bond donors (Lipinski definition) is 2. The molecule has 1 amide bonds. The summed E-state index contributed by atoms with van der Waals surface area (Å²) in [4.78, 5) is 15.7. The molecule has 5 heteroatoms. The summed E-state index contributed by atoms with van der Waals surface area (Å²) in [5.74, 6) is 0.755. The molecule has 0 bridgehead atoms. The summed E-state index contributed by atoms with van der Waals surface area (Å²) in [6.07, 6.45) is 4.28. The Labute approximate surface area is 152 Å². The predicted octanol–water partition coefficient (Wildman–Crippen LogP) is 4.78. The first-order valence-corrected chi connectivity index (χ1v) is 9.46. The van der Waals surface area contributed by atoms with E-state index in [2.05, 4.69) is 29.5 Å². The Bertz CT molecular complexity index is 888. The van der Waals surface area contributed by atoms with E-state index in [0.717, 1.165) is 27.9 Å². The van der Waals surface area contributed by atoms with Crippen molar-refractivity contribution in [3.63, 3.8) is 0 Å². The lowest BCUT2D eigenvalue weighted by Crippen LogP contribution is -2.14. The monoisotopic (exact) mass is 354 g/mol.